The summed E-state index contributed by atoms with van der Waals surface area (Å²) in [6, 6.07) is 33.2. The lowest BCUT2D eigenvalue weighted by Crippen LogP contribution is -2.51. The van der Waals surface area contributed by atoms with Gasteiger partial charge in [-0.25, -0.2) is 4.79 Å². The van der Waals surface area contributed by atoms with Gasteiger partial charge in [0.05, 0.1) is 12.0 Å². The molecule has 0 aliphatic heterocycles. The highest BCUT2D eigenvalue weighted by Gasteiger charge is 2.31. The van der Waals surface area contributed by atoms with Gasteiger partial charge in [0.15, 0.2) is 0 Å². The molecule has 1 amide bonds. The number of carboxylic acids is 1. The van der Waals surface area contributed by atoms with Crippen LogP contribution in [-0.4, -0.2) is 24.7 Å². The van der Waals surface area contributed by atoms with Crippen molar-refractivity contribution < 1.29 is 19.4 Å². The van der Waals surface area contributed by atoms with Crippen molar-refractivity contribution in [2.24, 2.45) is 0 Å². The Morgan fingerprint density at radius 3 is 1.66 bits per heavy atom. The second kappa shape index (κ2) is 9.85. The lowest BCUT2D eigenvalue weighted by molar-refractivity contribution is -0.308. The second-order valence-electron chi connectivity index (χ2n) is 8.57. The van der Waals surface area contributed by atoms with Crippen LogP contribution in [-0.2, 0) is 9.53 Å². The first-order valence-electron chi connectivity index (χ1n) is 11.6. The van der Waals surface area contributed by atoms with E-state index in [0.29, 0.717) is 0 Å². The summed E-state index contributed by atoms with van der Waals surface area (Å²) < 4.78 is 5.60. The molecule has 5 heteroatoms. The molecule has 0 fully saturated rings. The van der Waals surface area contributed by atoms with Gasteiger partial charge in [0.2, 0.25) is 0 Å². The van der Waals surface area contributed by atoms with E-state index < -0.39 is 24.0 Å². The van der Waals surface area contributed by atoms with E-state index in [-0.39, 0.29) is 12.5 Å². The Morgan fingerprint density at radius 1 is 0.714 bits per heavy atom. The Hall–Kier alpha value is -4.38. The number of nitrogens with one attached hydrogen (secondary N) is 1. The van der Waals surface area contributed by atoms with Crippen molar-refractivity contribution in [3.63, 3.8) is 0 Å². The zero-order valence-corrected chi connectivity index (χ0v) is 19.0. The van der Waals surface area contributed by atoms with Crippen LogP contribution in [0.5, 0.6) is 0 Å². The lowest BCUT2D eigenvalue weighted by atomic mass is 9.85. The Kier molecular flexibility index (Phi) is 6.31. The summed E-state index contributed by atoms with van der Waals surface area (Å²) in [4.78, 5) is 25.1. The van der Waals surface area contributed by atoms with E-state index in [0.717, 1.165) is 33.4 Å². The fourth-order valence-corrected chi connectivity index (χ4v) is 4.94. The molecular formula is C30H24NO4-. The van der Waals surface area contributed by atoms with Crippen LogP contribution < -0.4 is 10.4 Å². The molecular weight excluding hydrogens is 438 g/mol. The summed E-state index contributed by atoms with van der Waals surface area (Å²) >= 11 is 0. The van der Waals surface area contributed by atoms with E-state index in [2.05, 4.69) is 17.4 Å². The number of fused-ring (bicyclic) bond motifs is 3. The number of rotatable bonds is 7. The molecule has 0 saturated heterocycles. The summed E-state index contributed by atoms with van der Waals surface area (Å²) in [6.45, 7) is 0.0982. The summed E-state index contributed by atoms with van der Waals surface area (Å²) in [5.41, 5.74) is 5.93. The molecule has 0 aromatic heterocycles. The SMILES string of the molecule is O=C(N[C@@H](C(=O)[O-])C(c1ccccc1)c1ccccc1)OCC1c2ccccc2-c2ccccc21. The van der Waals surface area contributed by atoms with Crippen LogP contribution in [0.15, 0.2) is 109 Å². The smallest absolute Gasteiger partial charge is 0.407 e. The molecule has 5 rings (SSSR count). The molecule has 0 heterocycles. The van der Waals surface area contributed by atoms with E-state index in [1.165, 1.54) is 0 Å². The van der Waals surface area contributed by atoms with Gasteiger partial charge in [-0.3, -0.25) is 0 Å². The Morgan fingerprint density at radius 2 is 1.17 bits per heavy atom. The van der Waals surface area contributed by atoms with Gasteiger partial charge in [-0.2, -0.15) is 0 Å². The van der Waals surface area contributed by atoms with Gasteiger partial charge in [-0.05, 0) is 33.4 Å². The number of benzene rings is 4. The zero-order valence-electron chi connectivity index (χ0n) is 19.0. The fraction of sp³-hybridized carbons (Fsp3) is 0.133. The van der Waals surface area contributed by atoms with Crippen LogP contribution in [0.1, 0.15) is 34.1 Å². The number of hydrogen-bond donors (Lipinski definition) is 1. The molecule has 4 aromatic carbocycles. The van der Waals surface area contributed by atoms with Gasteiger partial charge in [0.1, 0.15) is 6.61 Å². The normalized spacial score (nSPS) is 13.1. The molecule has 174 valence electrons. The van der Waals surface area contributed by atoms with E-state index in [1.807, 2.05) is 97.1 Å². The van der Waals surface area contributed by atoms with Crippen molar-refractivity contribution in [2.75, 3.05) is 6.61 Å². The van der Waals surface area contributed by atoms with Crippen molar-refractivity contribution in [1.82, 2.24) is 5.32 Å². The van der Waals surface area contributed by atoms with Gasteiger partial charge in [0.25, 0.3) is 0 Å². The number of amides is 1. The highest BCUT2D eigenvalue weighted by Crippen LogP contribution is 2.44. The third-order valence-electron chi connectivity index (χ3n) is 6.52. The number of hydrogen-bond acceptors (Lipinski definition) is 4. The standard InChI is InChI=1S/C30H25NO4/c32-29(33)28(27(20-11-3-1-4-12-20)21-13-5-2-6-14-21)31-30(34)35-19-26-24-17-9-7-15-22(24)23-16-8-10-18-25(23)26/h1-18,26-28H,19H2,(H,31,34)(H,32,33)/p-1/t28-/m1/s1. The number of carboxylic acid groups (broad SMARTS) is 1. The summed E-state index contributed by atoms with van der Waals surface area (Å²) in [5, 5.41) is 14.8. The quantitative estimate of drug-likeness (QED) is 0.439. The van der Waals surface area contributed by atoms with Crippen LogP contribution in [0.4, 0.5) is 4.79 Å². The number of carbonyl (C=O) groups excluding carboxylic acids is 2. The van der Waals surface area contributed by atoms with E-state index >= 15 is 0 Å². The number of carbonyl (C=O) groups is 2. The minimum atomic E-state index is -1.38. The van der Waals surface area contributed by atoms with Gasteiger partial charge < -0.3 is 20.0 Å². The molecule has 1 atom stereocenters. The van der Waals surface area contributed by atoms with Gasteiger partial charge in [-0.15, -0.1) is 0 Å². The Balaban J connectivity index is 1.37. The first kappa shape index (κ1) is 22.4. The van der Waals surface area contributed by atoms with E-state index in [9.17, 15) is 14.7 Å². The van der Waals surface area contributed by atoms with Gasteiger partial charge in [0, 0.05) is 11.8 Å². The van der Waals surface area contributed by atoms with E-state index in [1.54, 1.807) is 0 Å². The monoisotopic (exact) mass is 462 g/mol. The molecule has 5 nitrogen and oxygen atoms in total. The molecule has 0 bridgehead atoms. The van der Waals surface area contributed by atoms with Crippen molar-refractivity contribution >= 4 is 12.1 Å². The molecule has 4 aromatic rings. The average Bonchev–Trinajstić information content (AvgIpc) is 3.22. The maximum atomic E-state index is 12.9. The Bertz CT molecular complexity index is 1250. The second-order valence-corrected chi connectivity index (χ2v) is 8.57. The van der Waals surface area contributed by atoms with Crippen LogP contribution in [0.25, 0.3) is 11.1 Å². The third-order valence-corrected chi connectivity index (χ3v) is 6.52. The summed E-state index contributed by atoms with van der Waals surface area (Å²) in [6.07, 6.45) is -0.794. The molecule has 1 aliphatic carbocycles. The van der Waals surface area contributed by atoms with E-state index in [4.69, 9.17) is 4.74 Å². The first-order valence-corrected chi connectivity index (χ1v) is 11.6. The maximum Gasteiger partial charge on any atom is 0.407 e. The molecule has 1 aliphatic rings. The number of alkyl carbamates (subject to hydrolysis) is 1. The molecule has 0 spiro atoms. The van der Waals surface area contributed by atoms with Gasteiger partial charge >= 0.3 is 6.09 Å². The summed E-state index contributed by atoms with van der Waals surface area (Å²) in [5.74, 6) is -2.13. The van der Waals surface area contributed by atoms with Crippen LogP contribution >= 0.6 is 0 Å². The van der Waals surface area contributed by atoms with Crippen molar-refractivity contribution in [3.8, 4) is 11.1 Å². The number of aliphatic carboxylic acids is 1. The lowest BCUT2D eigenvalue weighted by Gasteiger charge is -2.29. The molecule has 0 radical (unpaired) electrons. The summed E-state index contributed by atoms with van der Waals surface area (Å²) in [7, 11) is 0. The van der Waals surface area contributed by atoms with Gasteiger partial charge in [-0.1, -0.05) is 109 Å². The minimum absolute atomic E-state index is 0.0982. The third kappa shape index (κ3) is 4.53. The van der Waals surface area contributed by atoms with Crippen molar-refractivity contribution in [2.45, 2.75) is 17.9 Å². The van der Waals surface area contributed by atoms with Crippen LogP contribution in [0.2, 0.25) is 0 Å². The highest BCUT2D eigenvalue weighted by atomic mass is 16.5. The Labute approximate surface area is 204 Å². The van der Waals surface area contributed by atoms with Crippen molar-refractivity contribution in [3.05, 3.63) is 131 Å². The van der Waals surface area contributed by atoms with Crippen LogP contribution in [0, 0.1) is 0 Å². The minimum Gasteiger partial charge on any atom is -0.548 e. The average molecular weight is 463 g/mol. The molecule has 1 N–H and O–H groups in total. The fourth-order valence-electron chi connectivity index (χ4n) is 4.94. The number of ether oxygens (including phenoxy) is 1. The molecule has 0 unspecified atom stereocenters. The largest absolute Gasteiger partial charge is 0.548 e. The molecule has 0 saturated carbocycles. The first-order chi connectivity index (χ1) is 17.1. The topological polar surface area (TPSA) is 78.5 Å². The van der Waals surface area contributed by atoms with Crippen molar-refractivity contribution in [1.29, 1.82) is 0 Å². The highest BCUT2D eigenvalue weighted by molar-refractivity contribution is 5.81. The predicted octanol–water partition coefficient (Wildman–Crippen LogP) is 4.48. The zero-order chi connectivity index (χ0) is 24.2. The molecule has 35 heavy (non-hydrogen) atoms. The predicted molar refractivity (Wildman–Crippen MR) is 132 cm³/mol. The van der Waals surface area contributed by atoms with Crippen LogP contribution in [0.3, 0.4) is 0 Å². The maximum absolute atomic E-state index is 12.9.